The maximum absolute atomic E-state index is 12.8. The van der Waals surface area contributed by atoms with Crippen molar-refractivity contribution in [3.63, 3.8) is 0 Å². The van der Waals surface area contributed by atoms with Gasteiger partial charge >= 0.3 is 0 Å². The Kier molecular flexibility index (Phi) is 8.84. The third-order valence-electron chi connectivity index (χ3n) is 5.76. The molecule has 0 aliphatic heterocycles. The molecule has 1 aliphatic carbocycles. The monoisotopic (exact) mass is 435 g/mol. The SMILES string of the molecule is CCCCNC(=O)C1(NC(=O)/C=C\c2ccc(OCc3cccnc3)cc2)CCCCC1. The molecule has 1 heterocycles. The van der Waals surface area contributed by atoms with E-state index in [4.69, 9.17) is 4.74 Å². The van der Waals surface area contributed by atoms with Crippen LogP contribution in [0.2, 0.25) is 0 Å². The highest BCUT2D eigenvalue weighted by Gasteiger charge is 2.40. The van der Waals surface area contributed by atoms with Gasteiger partial charge in [0.05, 0.1) is 0 Å². The molecule has 2 aromatic rings. The number of ether oxygens (including phenoxy) is 1. The highest BCUT2D eigenvalue weighted by atomic mass is 16.5. The second-order valence-corrected chi connectivity index (χ2v) is 8.29. The van der Waals surface area contributed by atoms with Crippen LogP contribution in [0.3, 0.4) is 0 Å². The molecule has 2 N–H and O–H groups in total. The van der Waals surface area contributed by atoms with Gasteiger partial charge in [-0.1, -0.05) is 50.8 Å². The predicted octanol–water partition coefficient (Wildman–Crippen LogP) is 4.41. The Morgan fingerprint density at radius 3 is 2.59 bits per heavy atom. The molecule has 2 amide bonds. The first-order valence-corrected chi connectivity index (χ1v) is 11.5. The third kappa shape index (κ3) is 6.94. The summed E-state index contributed by atoms with van der Waals surface area (Å²) in [5.41, 5.74) is 1.10. The summed E-state index contributed by atoms with van der Waals surface area (Å²) in [5.74, 6) is 0.456. The van der Waals surface area contributed by atoms with Gasteiger partial charge in [0.15, 0.2) is 0 Å². The first-order chi connectivity index (χ1) is 15.6. The van der Waals surface area contributed by atoms with Crippen molar-refractivity contribution in [3.8, 4) is 5.75 Å². The van der Waals surface area contributed by atoms with E-state index in [9.17, 15) is 9.59 Å². The summed E-state index contributed by atoms with van der Waals surface area (Å²) in [6.45, 7) is 3.19. The Hall–Kier alpha value is -3.15. The summed E-state index contributed by atoms with van der Waals surface area (Å²) >= 11 is 0. The van der Waals surface area contributed by atoms with Crippen molar-refractivity contribution < 1.29 is 14.3 Å². The molecule has 1 aliphatic rings. The van der Waals surface area contributed by atoms with Crippen molar-refractivity contribution in [1.82, 2.24) is 15.6 Å². The fourth-order valence-corrected chi connectivity index (χ4v) is 3.89. The maximum Gasteiger partial charge on any atom is 0.245 e. The molecular weight excluding hydrogens is 402 g/mol. The first-order valence-electron chi connectivity index (χ1n) is 11.5. The van der Waals surface area contributed by atoms with Crippen LogP contribution < -0.4 is 15.4 Å². The van der Waals surface area contributed by atoms with E-state index in [-0.39, 0.29) is 11.8 Å². The molecule has 0 radical (unpaired) electrons. The number of carbonyl (C=O) groups excluding carboxylic acids is 2. The highest BCUT2D eigenvalue weighted by Crippen LogP contribution is 2.28. The normalized spacial score (nSPS) is 15.3. The number of hydrogen-bond donors (Lipinski definition) is 2. The molecule has 6 heteroatoms. The molecule has 170 valence electrons. The summed E-state index contributed by atoms with van der Waals surface area (Å²) in [4.78, 5) is 29.6. The Labute approximate surface area is 190 Å². The van der Waals surface area contributed by atoms with E-state index < -0.39 is 5.54 Å². The Balaban J connectivity index is 1.55. The van der Waals surface area contributed by atoms with Gasteiger partial charge in [0.2, 0.25) is 11.8 Å². The number of nitrogens with one attached hydrogen (secondary N) is 2. The van der Waals surface area contributed by atoms with Crippen LogP contribution in [0.4, 0.5) is 0 Å². The van der Waals surface area contributed by atoms with Crippen molar-refractivity contribution in [2.45, 2.75) is 64.0 Å². The van der Waals surface area contributed by atoms with E-state index in [2.05, 4.69) is 22.5 Å². The maximum atomic E-state index is 12.8. The lowest BCUT2D eigenvalue weighted by Gasteiger charge is -2.36. The second kappa shape index (κ2) is 12.0. The zero-order chi connectivity index (χ0) is 22.7. The standard InChI is InChI=1S/C26H33N3O3/c1-2-3-18-28-25(31)26(15-5-4-6-16-26)29-24(30)14-11-21-9-12-23(13-10-21)32-20-22-8-7-17-27-19-22/h7-14,17,19H,2-6,15-16,18,20H2,1H3,(H,28,31)(H,29,30)/b14-11-. The topological polar surface area (TPSA) is 80.3 Å². The molecule has 3 rings (SSSR count). The van der Waals surface area contributed by atoms with Crippen molar-refractivity contribution in [3.05, 3.63) is 66.0 Å². The van der Waals surface area contributed by atoms with Crippen LogP contribution in [0.15, 0.2) is 54.9 Å². The summed E-state index contributed by atoms with van der Waals surface area (Å²) in [6.07, 6.45) is 13.1. The molecule has 0 unspecified atom stereocenters. The number of aromatic nitrogens is 1. The average molecular weight is 436 g/mol. The van der Waals surface area contributed by atoms with Crippen molar-refractivity contribution in [2.75, 3.05) is 6.54 Å². The Morgan fingerprint density at radius 2 is 1.91 bits per heavy atom. The van der Waals surface area contributed by atoms with Crippen LogP contribution >= 0.6 is 0 Å². The summed E-state index contributed by atoms with van der Waals surface area (Å²) in [6, 6.07) is 11.4. The van der Waals surface area contributed by atoms with Crippen molar-refractivity contribution in [1.29, 1.82) is 0 Å². The molecule has 0 saturated heterocycles. The minimum absolute atomic E-state index is 0.0532. The lowest BCUT2D eigenvalue weighted by atomic mass is 9.80. The number of hydrogen-bond acceptors (Lipinski definition) is 4. The largest absolute Gasteiger partial charge is 0.489 e. The number of pyridine rings is 1. The van der Waals surface area contributed by atoms with Crippen LogP contribution in [-0.2, 0) is 16.2 Å². The summed E-state index contributed by atoms with van der Waals surface area (Å²) < 4.78 is 5.77. The molecule has 0 bridgehead atoms. The summed E-state index contributed by atoms with van der Waals surface area (Å²) in [5, 5.41) is 6.02. The smallest absolute Gasteiger partial charge is 0.245 e. The van der Waals surface area contributed by atoms with Gasteiger partial charge < -0.3 is 15.4 Å². The lowest BCUT2D eigenvalue weighted by molar-refractivity contribution is -0.133. The molecule has 0 atom stereocenters. The van der Waals surface area contributed by atoms with Gasteiger partial charge in [-0.2, -0.15) is 0 Å². The van der Waals surface area contributed by atoms with E-state index in [1.807, 2.05) is 36.4 Å². The summed E-state index contributed by atoms with van der Waals surface area (Å²) in [7, 11) is 0. The van der Waals surface area contributed by atoms with Gasteiger partial charge in [0, 0.05) is 30.6 Å². The molecular formula is C26H33N3O3. The van der Waals surface area contributed by atoms with E-state index in [1.165, 1.54) is 6.08 Å². The van der Waals surface area contributed by atoms with E-state index in [0.29, 0.717) is 26.0 Å². The van der Waals surface area contributed by atoms with Gasteiger partial charge in [-0.25, -0.2) is 0 Å². The minimum Gasteiger partial charge on any atom is -0.489 e. The van der Waals surface area contributed by atoms with Gasteiger partial charge in [-0.15, -0.1) is 0 Å². The van der Waals surface area contributed by atoms with Crippen molar-refractivity contribution >= 4 is 17.9 Å². The number of amides is 2. The highest BCUT2D eigenvalue weighted by molar-refractivity contribution is 5.97. The lowest BCUT2D eigenvalue weighted by Crippen LogP contribution is -2.59. The fourth-order valence-electron chi connectivity index (χ4n) is 3.89. The quantitative estimate of drug-likeness (QED) is 0.428. The van der Waals surface area contributed by atoms with E-state index >= 15 is 0 Å². The first kappa shape index (κ1) is 23.5. The van der Waals surface area contributed by atoms with Crippen LogP contribution in [-0.4, -0.2) is 28.9 Å². The minimum atomic E-state index is -0.794. The zero-order valence-corrected chi connectivity index (χ0v) is 18.8. The van der Waals surface area contributed by atoms with Crippen LogP contribution in [0, 0.1) is 0 Å². The molecule has 1 saturated carbocycles. The molecule has 1 aromatic heterocycles. The van der Waals surface area contributed by atoms with E-state index in [1.54, 1.807) is 18.5 Å². The Bertz CT molecular complexity index is 888. The fraction of sp³-hybridized carbons (Fsp3) is 0.423. The zero-order valence-electron chi connectivity index (χ0n) is 18.8. The predicted molar refractivity (Wildman–Crippen MR) is 126 cm³/mol. The number of carbonyl (C=O) groups is 2. The van der Waals surface area contributed by atoms with Crippen LogP contribution in [0.5, 0.6) is 5.75 Å². The average Bonchev–Trinajstić information content (AvgIpc) is 2.83. The van der Waals surface area contributed by atoms with Crippen LogP contribution in [0.1, 0.15) is 63.0 Å². The molecule has 6 nitrogen and oxygen atoms in total. The molecule has 0 spiro atoms. The number of benzene rings is 1. The van der Waals surface area contributed by atoms with Crippen molar-refractivity contribution in [2.24, 2.45) is 0 Å². The third-order valence-corrected chi connectivity index (χ3v) is 5.76. The van der Waals surface area contributed by atoms with Gasteiger partial charge in [-0.05, 0) is 49.1 Å². The number of unbranched alkanes of at least 4 members (excludes halogenated alkanes) is 1. The number of nitrogens with zero attached hydrogens (tertiary/aromatic N) is 1. The van der Waals surface area contributed by atoms with Gasteiger partial charge in [0.1, 0.15) is 17.9 Å². The molecule has 32 heavy (non-hydrogen) atoms. The molecule has 1 aromatic carbocycles. The van der Waals surface area contributed by atoms with Gasteiger partial charge in [-0.3, -0.25) is 14.6 Å². The van der Waals surface area contributed by atoms with Gasteiger partial charge in [0.25, 0.3) is 0 Å². The number of rotatable bonds is 10. The second-order valence-electron chi connectivity index (χ2n) is 8.29. The Morgan fingerprint density at radius 1 is 1.12 bits per heavy atom. The van der Waals surface area contributed by atoms with E-state index in [0.717, 1.165) is 49.0 Å². The molecule has 1 fully saturated rings. The van der Waals surface area contributed by atoms with Crippen LogP contribution in [0.25, 0.3) is 6.08 Å².